The number of nitrogens with zero attached hydrogens (tertiary/aromatic N) is 10. The molecule has 0 aliphatic carbocycles. The average Bonchev–Trinajstić information content (AvgIpc) is 1.63. The predicted octanol–water partition coefficient (Wildman–Crippen LogP) is 0.365. The number of rotatable bonds is 8. The summed E-state index contributed by atoms with van der Waals surface area (Å²) in [5, 5.41) is 10.3. The zero-order chi connectivity index (χ0) is 67.2. The van der Waals surface area contributed by atoms with E-state index in [9.17, 15) is 57.5 Å². The van der Waals surface area contributed by atoms with Gasteiger partial charge in [-0.25, -0.2) is 24.0 Å². The summed E-state index contributed by atoms with van der Waals surface area (Å²) in [6, 6.07) is 14.6. The van der Waals surface area contributed by atoms with Crippen LogP contribution in [0.2, 0.25) is 0 Å². The maximum Gasteiger partial charge on any atom is 1.00 e. The van der Waals surface area contributed by atoms with Crippen molar-refractivity contribution in [3.63, 3.8) is 0 Å². The van der Waals surface area contributed by atoms with Gasteiger partial charge < -0.3 is 38.1 Å². The minimum absolute atomic E-state index is 0. The van der Waals surface area contributed by atoms with Crippen LogP contribution < -0.4 is 89.7 Å². The number of carbonyl (C=O) groups is 9. The Hall–Kier alpha value is -7.03. The Bertz CT molecular complexity index is 4060. The minimum atomic E-state index is -0.707. The van der Waals surface area contributed by atoms with Gasteiger partial charge in [-0.1, -0.05) is 12.1 Å². The third-order valence-electron chi connectivity index (χ3n) is 17.2. The number of amides is 8. The van der Waals surface area contributed by atoms with E-state index in [1.54, 1.807) is 58.3 Å². The molecule has 9 heterocycles. The van der Waals surface area contributed by atoms with Crippen LogP contribution in [0, 0.1) is 0 Å². The summed E-state index contributed by atoms with van der Waals surface area (Å²) < 4.78 is 19.6. The number of imidazole rings is 3. The molecule has 30 heteroatoms. The van der Waals surface area contributed by atoms with Crippen LogP contribution >= 0.6 is 0 Å². The van der Waals surface area contributed by atoms with Crippen molar-refractivity contribution in [1.82, 2.24) is 68.3 Å². The molecule has 3 unspecified atom stereocenters. The van der Waals surface area contributed by atoms with Gasteiger partial charge in [-0.15, -0.1) is 0 Å². The van der Waals surface area contributed by atoms with Gasteiger partial charge in [-0.05, 0) is 134 Å². The number of imide groups is 3. The topological polar surface area (TPSA) is 314 Å². The Morgan fingerprint density at radius 2 is 0.821 bits per heavy atom. The van der Waals surface area contributed by atoms with Crippen molar-refractivity contribution in [3.8, 4) is 0 Å². The Labute approximate surface area is 599 Å². The van der Waals surface area contributed by atoms with Crippen LogP contribution in [-0.2, 0) is 86.0 Å². The SMILES string of the molecule is CC(C)(C)OC(=O)N1CCCCC1.Cn1c(=O)n(C2CCC(=O)NC2=O)c2ccc(C=O)cc21.Cn1c(=O)n(C2CCC(=O)NC2=O)c2ccc(CN3CCN(C(=O)OC(C)(C)C)CC3)cc21.Cn1c(=O)n(C2CCC(=O)NC2=O)c2ccc(CN3CCNCC3)cc21.[K+].[SH-]. The van der Waals surface area contributed by atoms with Gasteiger partial charge in [0.05, 0.1) is 33.1 Å². The second-order valence-electron chi connectivity index (χ2n) is 26.3. The number of hydrogen-bond acceptors (Lipinski definition) is 18. The number of thiol groups is 1. The maximum atomic E-state index is 12.9. The fourth-order valence-electron chi connectivity index (χ4n) is 12.4. The molecule has 3 aromatic carbocycles. The van der Waals surface area contributed by atoms with Crippen LogP contribution in [0.25, 0.3) is 33.1 Å². The third-order valence-corrected chi connectivity index (χ3v) is 17.2. The van der Waals surface area contributed by atoms with Crippen LogP contribution in [0.5, 0.6) is 0 Å². The Morgan fingerprint density at radius 3 is 1.18 bits per heavy atom. The molecule has 0 saturated carbocycles. The molecule has 12 rings (SSSR count). The smallest absolute Gasteiger partial charge is 0.813 e. The first-order valence-electron chi connectivity index (χ1n) is 31.8. The van der Waals surface area contributed by atoms with Crippen molar-refractivity contribution in [3.05, 3.63) is 103 Å². The summed E-state index contributed by atoms with van der Waals surface area (Å²) in [7, 11) is 5.00. The number of aromatic nitrogens is 6. The number of aryl methyl sites for hydroxylation is 3. The first kappa shape index (κ1) is 75.3. The molecular formula is C65H87KN14O14S. The van der Waals surface area contributed by atoms with E-state index >= 15 is 0 Å². The fraction of sp³-hybridized carbons (Fsp3) is 0.538. The maximum absolute atomic E-state index is 12.9. The van der Waals surface area contributed by atoms with Crippen LogP contribution in [0.3, 0.4) is 0 Å². The molecule has 3 atom stereocenters. The van der Waals surface area contributed by atoms with E-state index in [2.05, 4.69) is 31.1 Å². The molecule has 3 aromatic heterocycles. The molecular weight excluding hydrogens is 1270 g/mol. The first-order chi connectivity index (χ1) is 44.1. The Kier molecular flexibility index (Phi) is 25.7. The summed E-state index contributed by atoms with van der Waals surface area (Å²) in [5.74, 6) is -2.22. The van der Waals surface area contributed by atoms with E-state index in [1.165, 1.54) is 24.7 Å². The summed E-state index contributed by atoms with van der Waals surface area (Å²) >= 11 is 0. The third kappa shape index (κ3) is 18.4. The Balaban J connectivity index is 0.000000186. The molecule has 6 aliphatic heterocycles. The standard InChI is InChI=1S/C23H31N5O5.C18H23N5O3.C14H13N3O4.C10H19NO2.K.H2S/c1-23(2,3)33-22(32)27-11-9-26(10-12-27)14-15-5-6-16-18(13-15)25(4)21(31)28(16)17-7-8-19(29)24-20(17)30;1-21-15-10-12(11-22-8-6-19-7-9-22)2-3-13(15)23(18(21)26)14-4-5-16(24)20-17(14)25;1-16-11-6-8(7-18)2-3-9(11)17(14(16)21)10-4-5-12(19)15-13(10)20;1-10(2,3)13-9(12)11-7-5-4-6-8-11;;/h5-6,13,17H,7-12,14H2,1-4H3,(H,24,29,30);2-3,10,14,19H,4-9,11H2,1H3,(H,20,24,25);2-3,6-7,10H,4-5H2,1H3,(H,15,19,20);4-8H2,1-3H3;;1H2/q;;;;+1;/p-1. The van der Waals surface area contributed by atoms with Gasteiger partial charge in [0.25, 0.3) is 0 Å². The molecule has 0 bridgehead atoms. The first-order valence-corrected chi connectivity index (χ1v) is 31.8. The van der Waals surface area contributed by atoms with Crippen LogP contribution in [0.1, 0.15) is 139 Å². The number of nitrogens with one attached hydrogen (secondary N) is 4. The number of piperidine rings is 4. The van der Waals surface area contributed by atoms with Crippen LogP contribution in [-0.4, -0.2) is 178 Å². The van der Waals surface area contributed by atoms with Gasteiger partial charge >= 0.3 is 80.6 Å². The predicted molar refractivity (Wildman–Crippen MR) is 353 cm³/mol. The molecule has 28 nitrogen and oxygen atoms in total. The number of fused-ring (bicyclic) bond motifs is 3. The normalized spacial score (nSPS) is 19.7. The number of hydrogen-bond donors (Lipinski definition) is 4. The molecule has 6 fully saturated rings. The summed E-state index contributed by atoms with van der Waals surface area (Å²) in [6.07, 6.45) is 5.34. The van der Waals surface area contributed by atoms with Crippen molar-refractivity contribution in [1.29, 1.82) is 0 Å². The largest absolute Gasteiger partial charge is 1.00 e. The van der Waals surface area contributed by atoms with E-state index in [-0.39, 0.29) is 137 Å². The van der Waals surface area contributed by atoms with Gasteiger partial charge in [-0.2, -0.15) is 0 Å². The molecule has 4 N–H and O–H groups in total. The monoisotopic (exact) mass is 1360 g/mol. The molecule has 0 radical (unpaired) electrons. The zero-order valence-corrected chi connectivity index (χ0v) is 60.0. The molecule has 6 saturated heterocycles. The van der Waals surface area contributed by atoms with Crippen molar-refractivity contribution in [2.75, 3.05) is 65.4 Å². The van der Waals surface area contributed by atoms with Crippen LogP contribution in [0.4, 0.5) is 9.59 Å². The minimum Gasteiger partial charge on any atom is -0.813 e. The van der Waals surface area contributed by atoms with Gasteiger partial charge in [0, 0.05) is 125 Å². The number of likely N-dealkylation sites (tertiary alicyclic amines) is 1. The number of piperazine rings is 2. The van der Waals surface area contributed by atoms with E-state index in [1.807, 2.05) is 77.9 Å². The van der Waals surface area contributed by atoms with Crippen molar-refractivity contribution >= 4 is 101 Å². The summed E-state index contributed by atoms with van der Waals surface area (Å²) in [4.78, 5) is 152. The molecule has 0 spiro atoms. The molecule has 508 valence electrons. The zero-order valence-electron chi connectivity index (χ0n) is 56.0. The summed E-state index contributed by atoms with van der Waals surface area (Å²) in [5.41, 5.74) is 5.04. The van der Waals surface area contributed by atoms with Crippen molar-refractivity contribution in [2.24, 2.45) is 21.1 Å². The van der Waals surface area contributed by atoms with Gasteiger partial charge in [0.15, 0.2) is 0 Å². The number of benzene rings is 3. The molecule has 8 amide bonds. The molecule has 6 aliphatic rings. The van der Waals surface area contributed by atoms with Crippen molar-refractivity contribution in [2.45, 2.75) is 142 Å². The van der Waals surface area contributed by atoms with E-state index in [0.717, 1.165) is 99.4 Å². The molecule has 95 heavy (non-hydrogen) atoms. The Morgan fingerprint density at radius 1 is 0.474 bits per heavy atom. The average molecular weight is 1360 g/mol. The van der Waals surface area contributed by atoms with Crippen molar-refractivity contribution < 1.29 is 104 Å². The second-order valence-corrected chi connectivity index (χ2v) is 26.3. The molecule has 6 aromatic rings. The van der Waals surface area contributed by atoms with E-state index < -0.39 is 41.4 Å². The number of aldehydes is 1. The van der Waals surface area contributed by atoms with Crippen LogP contribution in [0.15, 0.2) is 69.0 Å². The fourth-order valence-corrected chi connectivity index (χ4v) is 12.4. The number of carbonyl (C=O) groups excluding carboxylic acids is 9. The van der Waals surface area contributed by atoms with Gasteiger partial charge in [0.1, 0.15) is 35.6 Å². The number of ether oxygens (including phenoxy) is 2. The van der Waals surface area contributed by atoms with Gasteiger partial charge in [-0.3, -0.25) is 86.7 Å². The van der Waals surface area contributed by atoms with Gasteiger partial charge in [0.2, 0.25) is 35.4 Å². The van der Waals surface area contributed by atoms with E-state index in [4.69, 9.17) is 9.47 Å². The van der Waals surface area contributed by atoms with E-state index in [0.29, 0.717) is 67.3 Å². The quantitative estimate of drug-likeness (QED) is 0.0526. The summed E-state index contributed by atoms with van der Waals surface area (Å²) in [6.45, 7) is 21.2. The second kappa shape index (κ2) is 32.3.